The summed E-state index contributed by atoms with van der Waals surface area (Å²) in [6.07, 6.45) is -1.90. The highest BCUT2D eigenvalue weighted by atomic mass is 19.3. The van der Waals surface area contributed by atoms with Crippen LogP contribution in [0.1, 0.15) is 20.3 Å². The molecule has 0 aliphatic carbocycles. The molecule has 0 radical (unpaired) electrons. The monoisotopic (exact) mass is 300 g/mol. The molecule has 1 aromatic rings. The van der Waals surface area contributed by atoms with Crippen molar-refractivity contribution < 1.29 is 23.0 Å². The van der Waals surface area contributed by atoms with E-state index in [9.17, 15) is 13.6 Å². The van der Waals surface area contributed by atoms with E-state index in [2.05, 4.69) is 5.32 Å². The van der Waals surface area contributed by atoms with Crippen LogP contribution in [0.15, 0.2) is 18.2 Å². The van der Waals surface area contributed by atoms with Gasteiger partial charge in [-0.05, 0) is 12.1 Å². The second-order valence-corrected chi connectivity index (χ2v) is 5.05. The zero-order chi connectivity index (χ0) is 15.6. The summed E-state index contributed by atoms with van der Waals surface area (Å²) in [5.74, 6) is 0.407. The van der Waals surface area contributed by atoms with Gasteiger partial charge < -0.3 is 19.7 Å². The van der Waals surface area contributed by atoms with E-state index in [-0.39, 0.29) is 0 Å². The maximum absolute atomic E-state index is 12.2. The van der Waals surface area contributed by atoms with E-state index >= 15 is 0 Å². The quantitative estimate of drug-likeness (QED) is 0.928. The average molecular weight is 300 g/mol. The molecule has 0 spiro atoms. The summed E-state index contributed by atoms with van der Waals surface area (Å²) < 4.78 is 35.8. The molecule has 0 saturated heterocycles. The fourth-order valence-corrected chi connectivity index (χ4v) is 1.89. The summed E-state index contributed by atoms with van der Waals surface area (Å²) in [7, 11) is 1.31. The minimum Gasteiger partial charge on any atom is -0.449 e. The molecule has 7 heteroatoms. The lowest BCUT2D eigenvalue weighted by Gasteiger charge is -2.20. The van der Waals surface area contributed by atoms with Gasteiger partial charge in [0, 0.05) is 32.1 Å². The predicted octanol–water partition coefficient (Wildman–Crippen LogP) is 3.31. The molecule has 0 fully saturated rings. The van der Waals surface area contributed by atoms with Gasteiger partial charge in [-0.2, -0.15) is 0 Å². The second kappa shape index (κ2) is 5.75. The lowest BCUT2D eigenvalue weighted by molar-refractivity contribution is -0.0640. The molecule has 0 aromatic heterocycles. The summed E-state index contributed by atoms with van der Waals surface area (Å²) in [6, 6.07) is 4.33. The molecule has 1 aliphatic heterocycles. The Kier molecular flexibility index (Phi) is 4.20. The van der Waals surface area contributed by atoms with E-state index in [0.717, 1.165) is 4.90 Å². The molecular weight excluding hydrogens is 282 g/mol. The van der Waals surface area contributed by atoms with Gasteiger partial charge in [-0.15, -0.1) is 0 Å². The molecule has 0 saturated carbocycles. The first-order valence-electron chi connectivity index (χ1n) is 6.65. The topological polar surface area (TPSA) is 50.8 Å². The second-order valence-electron chi connectivity index (χ2n) is 5.05. The number of alkyl halides is 2. The molecule has 2 amide bonds. The zero-order valence-electron chi connectivity index (χ0n) is 12.2. The van der Waals surface area contributed by atoms with Crippen LogP contribution in [0.4, 0.5) is 19.3 Å². The van der Waals surface area contributed by atoms with Crippen molar-refractivity contribution in [2.75, 3.05) is 18.9 Å². The van der Waals surface area contributed by atoms with Crippen molar-refractivity contribution in [2.45, 2.75) is 32.5 Å². The lowest BCUT2D eigenvalue weighted by Crippen LogP contribution is -2.34. The Morgan fingerprint density at radius 1 is 1.38 bits per heavy atom. The van der Waals surface area contributed by atoms with E-state index in [0.29, 0.717) is 23.6 Å². The fourth-order valence-electron chi connectivity index (χ4n) is 1.89. The van der Waals surface area contributed by atoms with Crippen LogP contribution in [-0.4, -0.2) is 36.7 Å². The number of benzene rings is 1. The van der Waals surface area contributed by atoms with Crippen LogP contribution in [0.3, 0.4) is 0 Å². The van der Waals surface area contributed by atoms with Crippen LogP contribution < -0.4 is 14.8 Å². The molecule has 21 heavy (non-hydrogen) atoms. The minimum atomic E-state index is -2.57. The van der Waals surface area contributed by atoms with Crippen LogP contribution in [-0.2, 0) is 0 Å². The van der Waals surface area contributed by atoms with Crippen molar-refractivity contribution in [3.05, 3.63) is 18.2 Å². The summed E-state index contributed by atoms with van der Waals surface area (Å²) in [4.78, 5) is 12.7. The maximum atomic E-state index is 12.2. The Hall–Kier alpha value is -2.05. The normalized spacial score (nSPS) is 19.7. The van der Waals surface area contributed by atoms with Crippen LogP contribution in [0.5, 0.6) is 11.5 Å². The van der Waals surface area contributed by atoms with Crippen LogP contribution >= 0.6 is 0 Å². The number of anilines is 1. The number of amides is 2. The van der Waals surface area contributed by atoms with E-state index < -0.39 is 24.8 Å². The average Bonchev–Trinajstić information content (AvgIpc) is 2.74. The smallest absolute Gasteiger partial charge is 0.321 e. The Bertz CT molecular complexity index is 539. The first-order valence-corrected chi connectivity index (χ1v) is 6.65. The molecule has 5 nitrogen and oxygen atoms in total. The van der Waals surface area contributed by atoms with E-state index in [1.807, 2.05) is 13.8 Å². The van der Waals surface area contributed by atoms with Crippen molar-refractivity contribution in [1.82, 2.24) is 4.90 Å². The molecule has 116 valence electrons. The first-order chi connectivity index (χ1) is 9.83. The van der Waals surface area contributed by atoms with Gasteiger partial charge in [0.25, 0.3) is 6.43 Å². The highest BCUT2D eigenvalue weighted by Crippen LogP contribution is 2.42. The van der Waals surface area contributed by atoms with Crippen LogP contribution in [0.25, 0.3) is 0 Å². The van der Waals surface area contributed by atoms with E-state index in [1.54, 1.807) is 18.2 Å². The molecule has 0 bridgehead atoms. The number of rotatable bonds is 4. The Balaban J connectivity index is 2.04. The van der Waals surface area contributed by atoms with Gasteiger partial charge in [0.15, 0.2) is 11.5 Å². The zero-order valence-corrected chi connectivity index (χ0v) is 12.2. The number of ether oxygens (including phenoxy) is 2. The highest BCUT2D eigenvalue weighted by molar-refractivity contribution is 5.89. The maximum Gasteiger partial charge on any atom is 0.321 e. The number of carbonyl (C=O) groups is 1. The fraction of sp³-hybridized carbons (Fsp3) is 0.500. The number of nitrogens with one attached hydrogen (secondary N) is 1. The van der Waals surface area contributed by atoms with Crippen molar-refractivity contribution >= 4 is 11.7 Å². The molecule has 1 N–H and O–H groups in total. The van der Waals surface area contributed by atoms with Gasteiger partial charge in [-0.25, -0.2) is 13.6 Å². The number of fused-ring (bicyclic) bond motifs is 1. The van der Waals surface area contributed by atoms with Crippen molar-refractivity contribution in [1.29, 1.82) is 0 Å². The van der Waals surface area contributed by atoms with Gasteiger partial charge in [0.2, 0.25) is 5.79 Å². The summed E-state index contributed by atoms with van der Waals surface area (Å²) in [6.45, 7) is 3.14. The van der Waals surface area contributed by atoms with Gasteiger partial charge in [-0.1, -0.05) is 6.92 Å². The summed E-state index contributed by atoms with van der Waals surface area (Å²) in [5.41, 5.74) is 0.462. The molecule has 1 heterocycles. The van der Waals surface area contributed by atoms with E-state index in [4.69, 9.17) is 9.47 Å². The number of nitrogens with zero attached hydrogens (tertiary/aromatic N) is 1. The minimum absolute atomic E-state index is 0.462. The number of hydrogen-bond acceptors (Lipinski definition) is 3. The first kappa shape index (κ1) is 15.3. The Labute approximate surface area is 121 Å². The third-order valence-corrected chi connectivity index (χ3v) is 3.25. The van der Waals surface area contributed by atoms with Crippen molar-refractivity contribution in [3.8, 4) is 11.5 Å². The third kappa shape index (κ3) is 3.53. The molecule has 1 aromatic carbocycles. The van der Waals surface area contributed by atoms with Gasteiger partial charge >= 0.3 is 6.03 Å². The SMILES string of the molecule is CC[C@]1(C)Oc2ccc(NC(=O)N(C)CC(F)F)cc2O1. The van der Waals surface area contributed by atoms with Gasteiger partial charge in [0.1, 0.15) is 0 Å². The van der Waals surface area contributed by atoms with Crippen molar-refractivity contribution in [3.63, 3.8) is 0 Å². The lowest BCUT2D eigenvalue weighted by atomic mass is 10.2. The standard InChI is InChI=1S/C14H18F2N2O3/c1-4-14(2)20-10-6-5-9(7-11(10)21-14)17-13(19)18(3)8-12(15)16/h5-7,12H,4,8H2,1-3H3,(H,17,19)/t14-/m1/s1. The van der Waals surface area contributed by atoms with E-state index in [1.165, 1.54) is 7.05 Å². The molecule has 0 unspecified atom stereocenters. The molecule has 2 rings (SSSR count). The number of carbonyl (C=O) groups excluding carboxylic acids is 1. The Morgan fingerprint density at radius 3 is 2.67 bits per heavy atom. The number of halogens is 2. The summed E-state index contributed by atoms with van der Waals surface area (Å²) in [5, 5.41) is 2.54. The Morgan fingerprint density at radius 2 is 2.05 bits per heavy atom. The summed E-state index contributed by atoms with van der Waals surface area (Å²) >= 11 is 0. The van der Waals surface area contributed by atoms with Crippen LogP contribution in [0.2, 0.25) is 0 Å². The number of urea groups is 1. The van der Waals surface area contributed by atoms with Crippen LogP contribution in [0, 0.1) is 0 Å². The molecule has 1 aliphatic rings. The molecular formula is C14H18F2N2O3. The number of hydrogen-bond donors (Lipinski definition) is 1. The van der Waals surface area contributed by atoms with Crippen molar-refractivity contribution in [2.24, 2.45) is 0 Å². The highest BCUT2D eigenvalue weighted by Gasteiger charge is 2.35. The molecule has 1 atom stereocenters. The third-order valence-electron chi connectivity index (χ3n) is 3.25. The van der Waals surface area contributed by atoms with Gasteiger partial charge in [-0.3, -0.25) is 0 Å². The largest absolute Gasteiger partial charge is 0.449 e. The van der Waals surface area contributed by atoms with Gasteiger partial charge in [0.05, 0.1) is 6.54 Å². The predicted molar refractivity (Wildman–Crippen MR) is 74.0 cm³/mol.